The summed E-state index contributed by atoms with van der Waals surface area (Å²) in [5, 5.41) is 11.9. The molecule has 2 amide bonds. The van der Waals surface area contributed by atoms with E-state index in [2.05, 4.69) is 11.4 Å². The summed E-state index contributed by atoms with van der Waals surface area (Å²) in [7, 11) is 0. The minimum absolute atomic E-state index is 0.0151. The molecule has 6 nitrogen and oxygen atoms in total. The van der Waals surface area contributed by atoms with Crippen molar-refractivity contribution in [2.75, 3.05) is 0 Å². The Morgan fingerprint density at radius 3 is 2.34 bits per heavy atom. The van der Waals surface area contributed by atoms with Gasteiger partial charge in [-0.25, -0.2) is 0 Å². The van der Waals surface area contributed by atoms with E-state index in [-0.39, 0.29) is 11.8 Å². The van der Waals surface area contributed by atoms with Crippen molar-refractivity contribution in [2.45, 2.75) is 44.8 Å². The topological polar surface area (TPSA) is 86.3 Å². The van der Waals surface area contributed by atoms with Crippen LogP contribution in [0.5, 0.6) is 0 Å². The molecule has 32 heavy (non-hydrogen) atoms. The molecule has 0 atom stereocenters. The summed E-state index contributed by atoms with van der Waals surface area (Å²) in [6.07, 6.45) is 4.66. The Bertz CT molecular complexity index is 1090. The molecule has 0 radical (unpaired) electrons. The molecule has 0 saturated heterocycles. The van der Waals surface area contributed by atoms with Crippen LogP contribution in [0.3, 0.4) is 0 Å². The lowest BCUT2D eigenvalue weighted by atomic mass is 10.1. The lowest BCUT2D eigenvalue weighted by Crippen LogP contribution is -2.30. The van der Waals surface area contributed by atoms with E-state index in [0.717, 1.165) is 29.7 Å². The van der Waals surface area contributed by atoms with E-state index >= 15 is 0 Å². The number of hydrogen-bond donors (Lipinski definition) is 1. The minimum atomic E-state index is -0.0509. The van der Waals surface area contributed by atoms with E-state index < -0.39 is 0 Å². The number of benzene rings is 2. The van der Waals surface area contributed by atoms with Crippen LogP contribution in [0, 0.1) is 11.3 Å². The van der Waals surface area contributed by atoms with Crippen LogP contribution in [0.1, 0.15) is 52.1 Å². The minimum Gasteiger partial charge on any atom is -0.467 e. The smallest absolute Gasteiger partial charge is 0.251 e. The predicted octanol–water partition coefficient (Wildman–Crippen LogP) is 4.21. The van der Waals surface area contributed by atoms with E-state index in [9.17, 15) is 9.59 Å². The molecule has 4 rings (SSSR count). The molecule has 6 heteroatoms. The van der Waals surface area contributed by atoms with E-state index in [1.54, 1.807) is 35.4 Å². The van der Waals surface area contributed by atoms with E-state index in [1.807, 2.05) is 36.4 Å². The molecule has 1 aliphatic rings. The van der Waals surface area contributed by atoms with Crippen molar-refractivity contribution >= 4 is 11.8 Å². The number of nitrogens with one attached hydrogen (secondary N) is 1. The van der Waals surface area contributed by atoms with E-state index in [0.29, 0.717) is 43.1 Å². The first-order chi connectivity index (χ1) is 15.6. The van der Waals surface area contributed by atoms with Crippen molar-refractivity contribution in [3.63, 3.8) is 0 Å². The molecule has 3 aromatic rings. The zero-order valence-corrected chi connectivity index (χ0v) is 17.8. The summed E-state index contributed by atoms with van der Waals surface area (Å²) in [6.45, 7) is 0.806. The molecule has 1 aliphatic carbocycles. The molecular formula is C26H25N3O3. The Hall–Kier alpha value is -3.85. The van der Waals surface area contributed by atoms with E-state index in [1.165, 1.54) is 0 Å². The lowest BCUT2D eigenvalue weighted by Gasteiger charge is -2.22. The Balaban J connectivity index is 1.40. The van der Waals surface area contributed by atoms with Crippen molar-refractivity contribution < 1.29 is 14.0 Å². The highest BCUT2D eigenvalue weighted by Crippen LogP contribution is 2.20. The first-order valence-electron chi connectivity index (χ1n) is 10.8. The van der Waals surface area contributed by atoms with Crippen molar-refractivity contribution in [1.29, 1.82) is 5.26 Å². The third kappa shape index (κ3) is 5.86. The number of carbonyl (C=O) groups is 2. The number of rotatable bonds is 9. The van der Waals surface area contributed by atoms with Crippen LogP contribution in [0.2, 0.25) is 0 Å². The van der Waals surface area contributed by atoms with Crippen LogP contribution in [0.25, 0.3) is 0 Å². The van der Waals surface area contributed by atoms with Gasteiger partial charge in [-0.1, -0.05) is 24.3 Å². The molecular weight excluding hydrogens is 402 g/mol. The fourth-order valence-electron chi connectivity index (χ4n) is 3.46. The zero-order valence-electron chi connectivity index (χ0n) is 17.8. The van der Waals surface area contributed by atoms with Crippen LogP contribution in [-0.2, 0) is 24.3 Å². The average molecular weight is 428 g/mol. The van der Waals surface area contributed by atoms with Crippen molar-refractivity contribution in [3.05, 3.63) is 94.9 Å². The third-order valence-corrected chi connectivity index (χ3v) is 5.49. The molecule has 1 aromatic heterocycles. The van der Waals surface area contributed by atoms with Gasteiger partial charge in [0.15, 0.2) is 0 Å². The number of aryl methyl sites for hydroxylation is 1. The molecule has 1 N–H and O–H groups in total. The standard InChI is InChI=1S/C26H25N3O3/c27-16-20-5-3-19(4-6-20)9-14-25(30)29(18-24-2-1-15-32-24)17-21-7-10-22(11-8-21)26(31)28-23-12-13-23/h1-8,10-11,15,23H,9,12-14,17-18H2,(H,28,31). The number of nitriles is 1. The zero-order chi connectivity index (χ0) is 22.3. The Morgan fingerprint density at radius 2 is 1.72 bits per heavy atom. The van der Waals surface area contributed by atoms with Crippen molar-refractivity contribution in [3.8, 4) is 6.07 Å². The number of hydrogen-bond acceptors (Lipinski definition) is 4. The second kappa shape index (κ2) is 9.97. The van der Waals surface area contributed by atoms with Gasteiger partial charge in [-0.2, -0.15) is 5.26 Å². The normalized spacial score (nSPS) is 12.7. The summed E-state index contributed by atoms with van der Waals surface area (Å²) < 4.78 is 5.46. The lowest BCUT2D eigenvalue weighted by molar-refractivity contribution is -0.132. The molecule has 1 saturated carbocycles. The summed E-state index contributed by atoms with van der Waals surface area (Å²) in [5.74, 6) is 0.684. The summed E-state index contributed by atoms with van der Waals surface area (Å²) in [6, 6.07) is 20.8. The maximum Gasteiger partial charge on any atom is 0.251 e. The van der Waals surface area contributed by atoms with Crippen molar-refractivity contribution in [2.24, 2.45) is 0 Å². The van der Waals surface area contributed by atoms with Gasteiger partial charge in [-0.15, -0.1) is 0 Å². The van der Waals surface area contributed by atoms with Gasteiger partial charge in [-0.05, 0) is 66.8 Å². The summed E-state index contributed by atoms with van der Waals surface area (Å²) in [5.41, 5.74) is 3.20. The molecule has 0 spiro atoms. The molecule has 0 unspecified atom stereocenters. The maximum atomic E-state index is 13.0. The van der Waals surface area contributed by atoms with Crippen LogP contribution >= 0.6 is 0 Å². The van der Waals surface area contributed by atoms with Gasteiger partial charge in [0, 0.05) is 24.6 Å². The quantitative estimate of drug-likeness (QED) is 0.554. The summed E-state index contributed by atoms with van der Waals surface area (Å²) >= 11 is 0. The second-order valence-electron chi connectivity index (χ2n) is 8.08. The van der Waals surface area contributed by atoms with Crippen LogP contribution < -0.4 is 5.32 Å². The van der Waals surface area contributed by atoms with Crippen LogP contribution in [-0.4, -0.2) is 22.8 Å². The number of carbonyl (C=O) groups excluding carboxylic acids is 2. The Labute approximate surface area is 187 Å². The highest BCUT2D eigenvalue weighted by Gasteiger charge is 2.23. The molecule has 0 aliphatic heterocycles. The number of amides is 2. The predicted molar refractivity (Wildman–Crippen MR) is 119 cm³/mol. The van der Waals surface area contributed by atoms with Crippen molar-refractivity contribution in [1.82, 2.24) is 10.2 Å². The SMILES string of the molecule is N#Cc1ccc(CCC(=O)N(Cc2ccc(C(=O)NC3CC3)cc2)Cc2ccco2)cc1. The first kappa shape index (κ1) is 21.4. The highest BCUT2D eigenvalue weighted by molar-refractivity contribution is 5.94. The van der Waals surface area contributed by atoms with Crippen LogP contribution in [0.4, 0.5) is 0 Å². The molecule has 162 valence electrons. The van der Waals surface area contributed by atoms with Crippen LogP contribution in [0.15, 0.2) is 71.3 Å². The van der Waals surface area contributed by atoms with Gasteiger partial charge >= 0.3 is 0 Å². The number of furan rings is 1. The molecule has 2 aromatic carbocycles. The molecule has 1 heterocycles. The van der Waals surface area contributed by atoms with Gasteiger partial charge in [0.25, 0.3) is 5.91 Å². The third-order valence-electron chi connectivity index (χ3n) is 5.49. The molecule has 1 fully saturated rings. The largest absolute Gasteiger partial charge is 0.467 e. The summed E-state index contributed by atoms with van der Waals surface area (Å²) in [4.78, 5) is 27.0. The Kier molecular flexibility index (Phi) is 6.66. The van der Waals surface area contributed by atoms with Gasteiger partial charge in [0.2, 0.25) is 5.91 Å². The fourth-order valence-corrected chi connectivity index (χ4v) is 3.46. The van der Waals surface area contributed by atoms with Gasteiger partial charge < -0.3 is 14.6 Å². The molecule has 0 bridgehead atoms. The number of nitrogens with zero attached hydrogens (tertiary/aromatic N) is 2. The second-order valence-corrected chi connectivity index (χ2v) is 8.08. The van der Waals surface area contributed by atoms with E-state index in [4.69, 9.17) is 9.68 Å². The van der Waals surface area contributed by atoms with Gasteiger partial charge in [0.1, 0.15) is 5.76 Å². The highest BCUT2D eigenvalue weighted by atomic mass is 16.3. The van der Waals surface area contributed by atoms with Gasteiger partial charge in [-0.3, -0.25) is 9.59 Å². The average Bonchev–Trinajstić information content (AvgIpc) is 3.49. The monoisotopic (exact) mass is 427 g/mol. The fraction of sp³-hybridized carbons (Fsp3) is 0.269. The van der Waals surface area contributed by atoms with Gasteiger partial charge in [0.05, 0.1) is 24.4 Å². The Morgan fingerprint density at radius 1 is 1.00 bits per heavy atom. The first-order valence-corrected chi connectivity index (χ1v) is 10.8. The maximum absolute atomic E-state index is 13.0.